The van der Waals surface area contributed by atoms with Crippen molar-refractivity contribution >= 4 is 27.7 Å². The Morgan fingerprint density at radius 2 is 1.93 bits per heavy atom. The van der Waals surface area contributed by atoms with Crippen LogP contribution in [0.25, 0.3) is 21.9 Å². The number of pyridine rings is 1. The topological polar surface area (TPSA) is 73.3 Å². The van der Waals surface area contributed by atoms with E-state index in [2.05, 4.69) is 49.3 Å². The number of aryl methyl sites for hydroxylation is 1. The van der Waals surface area contributed by atoms with Crippen molar-refractivity contribution in [3.8, 4) is 0 Å². The number of hydrogen-bond acceptors (Lipinski definition) is 5. The number of nitrogens with two attached hydrogens (primary N) is 1. The number of nitrogens with one attached hydrogen (secondary N) is 1. The molecule has 0 radical (unpaired) electrons. The first-order chi connectivity index (χ1) is 13.4. The molecule has 1 aromatic carbocycles. The van der Waals surface area contributed by atoms with Crippen molar-refractivity contribution < 1.29 is 9.15 Å². The van der Waals surface area contributed by atoms with E-state index < -0.39 is 0 Å². The van der Waals surface area contributed by atoms with Crippen LogP contribution in [0.1, 0.15) is 58.3 Å². The van der Waals surface area contributed by atoms with E-state index in [9.17, 15) is 0 Å². The molecule has 0 saturated heterocycles. The molecule has 0 atom stereocenters. The molecular formula is C23H33N3O2. The van der Waals surface area contributed by atoms with Crippen molar-refractivity contribution in [2.45, 2.75) is 65.5 Å². The maximum absolute atomic E-state index is 6.19. The lowest BCUT2D eigenvalue weighted by Crippen LogP contribution is -2.36. The normalized spacial score (nSPS) is 12.3. The number of nitrogens with zero attached hydrogens (tertiary/aromatic N) is 1. The molecule has 5 heteroatoms. The average molecular weight is 384 g/mol. The number of aromatic nitrogens is 1. The Kier molecular flexibility index (Phi) is 6.57. The van der Waals surface area contributed by atoms with Gasteiger partial charge in [0, 0.05) is 17.5 Å². The van der Waals surface area contributed by atoms with Gasteiger partial charge in [0.2, 0.25) is 0 Å². The summed E-state index contributed by atoms with van der Waals surface area (Å²) < 4.78 is 11.5. The first-order valence-corrected chi connectivity index (χ1v) is 10.3. The highest BCUT2D eigenvalue weighted by atomic mass is 16.5. The third-order valence-corrected chi connectivity index (χ3v) is 4.85. The minimum absolute atomic E-state index is 0.198. The molecule has 3 rings (SSSR count). The second-order valence-corrected chi connectivity index (χ2v) is 8.43. The second kappa shape index (κ2) is 8.93. The number of hydrogen-bond donors (Lipinski definition) is 2. The van der Waals surface area contributed by atoms with Crippen LogP contribution in [-0.4, -0.2) is 23.7 Å². The summed E-state index contributed by atoms with van der Waals surface area (Å²) in [6.07, 6.45) is 4.65. The van der Waals surface area contributed by atoms with Gasteiger partial charge in [-0.15, -0.1) is 0 Å². The van der Waals surface area contributed by atoms with E-state index in [-0.39, 0.29) is 5.54 Å². The largest absolute Gasteiger partial charge is 0.458 e. The molecule has 0 aliphatic carbocycles. The van der Waals surface area contributed by atoms with Gasteiger partial charge in [0.15, 0.2) is 0 Å². The molecule has 152 valence electrons. The van der Waals surface area contributed by atoms with Crippen molar-refractivity contribution in [2.24, 2.45) is 0 Å². The highest BCUT2D eigenvalue weighted by Gasteiger charge is 2.13. The Labute approximate surface area is 167 Å². The smallest absolute Gasteiger partial charge is 0.147 e. The van der Waals surface area contributed by atoms with Crippen LogP contribution < -0.4 is 11.1 Å². The summed E-state index contributed by atoms with van der Waals surface area (Å²) in [7, 11) is 0. The van der Waals surface area contributed by atoms with E-state index in [0.29, 0.717) is 19.0 Å². The van der Waals surface area contributed by atoms with Gasteiger partial charge in [-0.3, -0.25) is 0 Å². The Morgan fingerprint density at radius 1 is 1.11 bits per heavy atom. The maximum Gasteiger partial charge on any atom is 0.147 e. The van der Waals surface area contributed by atoms with Crippen molar-refractivity contribution in [1.82, 2.24) is 10.3 Å². The summed E-state index contributed by atoms with van der Waals surface area (Å²) in [5, 5.41) is 5.41. The Bertz CT molecular complexity index is 925. The third-order valence-electron chi connectivity index (χ3n) is 4.85. The van der Waals surface area contributed by atoms with E-state index in [1.54, 1.807) is 0 Å². The van der Waals surface area contributed by atoms with E-state index in [4.69, 9.17) is 14.9 Å². The standard InChI is InChI=1S/C23H33N3O2/c1-5-27-15-17-14-19-21(28-17)18-11-10-16(13-20(18)26-22(19)24)9-7-6-8-12-25-23(2,3)4/h10-11,13-14,25H,5-9,12,15H2,1-4H3,(H2,24,26). The zero-order valence-corrected chi connectivity index (χ0v) is 17.6. The van der Waals surface area contributed by atoms with Crippen molar-refractivity contribution in [2.75, 3.05) is 18.9 Å². The molecule has 3 N–H and O–H groups in total. The third kappa shape index (κ3) is 5.24. The van der Waals surface area contributed by atoms with Crippen molar-refractivity contribution in [1.29, 1.82) is 0 Å². The van der Waals surface area contributed by atoms with Gasteiger partial charge in [0.05, 0.1) is 10.9 Å². The first kappa shape index (κ1) is 20.6. The summed E-state index contributed by atoms with van der Waals surface area (Å²) in [6, 6.07) is 8.36. The van der Waals surface area contributed by atoms with Crippen LogP contribution in [0.4, 0.5) is 5.82 Å². The average Bonchev–Trinajstić information content (AvgIpc) is 3.07. The van der Waals surface area contributed by atoms with Crippen LogP contribution in [0.2, 0.25) is 0 Å². The van der Waals surface area contributed by atoms with Crippen LogP contribution in [0, 0.1) is 0 Å². The van der Waals surface area contributed by atoms with E-state index in [1.165, 1.54) is 24.8 Å². The lowest BCUT2D eigenvalue weighted by molar-refractivity contribution is 0.119. The van der Waals surface area contributed by atoms with Crippen LogP contribution >= 0.6 is 0 Å². The molecule has 2 heterocycles. The first-order valence-electron chi connectivity index (χ1n) is 10.3. The molecule has 0 fully saturated rings. The lowest BCUT2D eigenvalue weighted by atomic mass is 10.0. The number of fused-ring (bicyclic) bond motifs is 3. The summed E-state index contributed by atoms with van der Waals surface area (Å²) in [4.78, 5) is 4.61. The number of nitrogen functional groups attached to an aromatic ring is 1. The van der Waals surface area contributed by atoms with Crippen LogP contribution in [0.3, 0.4) is 0 Å². The summed E-state index contributed by atoms with van der Waals surface area (Å²) >= 11 is 0. The van der Waals surface area contributed by atoms with Crippen molar-refractivity contribution in [3.05, 3.63) is 35.6 Å². The number of rotatable bonds is 9. The van der Waals surface area contributed by atoms with Gasteiger partial charge < -0.3 is 20.2 Å². The Morgan fingerprint density at radius 3 is 2.68 bits per heavy atom. The monoisotopic (exact) mass is 383 g/mol. The van der Waals surface area contributed by atoms with Gasteiger partial charge in [0.25, 0.3) is 0 Å². The zero-order chi connectivity index (χ0) is 20.1. The number of unbranched alkanes of at least 4 members (excludes halogenated alkanes) is 2. The predicted molar refractivity (Wildman–Crippen MR) is 117 cm³/mol. The Hall–Kier alpha value is -2.11. The molecule has 3 aromatic rings. The van der Waals surface area contributed by atoms with Gasteiger partial charge >= 0.3 is 0 Å². The summed E-state index contributed by atoms with van der Waals surface area (Å²) in [5.74, 6) is 1.30. The molecule has 28 heavy (non-hydrogen) atoms. The van der Waals surface area contributed by atoms with Crippen LogP contribution in [0.15, 0.2) is 28.7 Å². The van der Waals surface area contributed by atoms with Gasteiger partial charge in [-0.2, -0.15) is 0 Å². The van der Waals surface area contributed by atoms with Gasteiger partial charge in [0.1, 0.15) is 23.8 Å². The highest BCUT2D eigenvalue weighted by Crippen LogP contribution is 2.31. The SMILES string of the molecule is CCOCc1cc2c(N)nc3cc(CCCCCNC(C)(C)C)ccc3c2o1. The fourth-order valence-electron chi connectivity index (χ4n) is 3.41. The number of benzene rings is 1. The molecule has 0 aliphatic heterocycles. The van der Waals surface area contributed by atoms with E-state index in [1.807, 2.05) is 13.0 Å². The van der Waals surface area contributed by atoms with E-state index >= 15 is 0 Å². The molecule has 0 amide bonds. The lowest BCUT2D eigenvalue weighted by Gasteiger charge is -2.20. The van der Waals surface area contributed by atoms with Crippen molar-refractivity contribution in [3.63, 3.8) is 0 Å². The van der Waals surface area contributed by atoms with Crippen LogP contribution in [-0.2, 0) is 17.8 Å². The quantitative estimate of drug-likeness (QED) is 0.497. The second-order valence-electron chi connectivity index (χ2n) is 8.43. The van der Waals surface area contributed by atoms with Gasteiger partial charge in [-0.05, 0) is 77.3 Å². The molecule has 0 aliphatic rings. The van der Waals surface area contributed by atoms with E-state index in [0.717, 1.165) is 40.6 Å². The minimum atomic E-state index is 0.198. The maximum atomic E-state index is 6.19. The summed E-state index contributed by atoms with van der Waals surface area (Å²) in [5.41, 5.74) is 9.38. The van der Waals surface area contributed by atoms with Gasteiger partial charge in [-0.25, -0.2) is 4.98 Å². The number of anilines is 1. The minimum Gasteiger partial charge on any atom is -0.458 e. The number of furan rings is 1. The van der Waals surface area contributed by atoms with Crippen LogP contribution in [0.5, 0.6) is 0 Å². The van der Waals surface area contributed by atoms with Gasteiger partial charge in [-0.1, -0.05) is 12.5 Å². The molecule has 2 aromatic heterocycles. The molecule has 0 spiro atoms. The Balaban J connectivity index is 1.67. The molecule has 0 bridgehead atoms. The predicted octanol–water partition coefficient (Wildman–Crippen LogP) is 5.20. The molecule has 0 unspecified atom stereocenters. The highest BCUT2D eigenvalue weighted by molar-refractivity contribution is 6.06. The zero-order valence-electron chi connectivity index (χ0n) is 17.6. The molecule has 5 nitrogen and oxygen atoms in total. The molecular weight excluding hydrogens is 350 g/mol. The fraction of sp³-hybridized carbons (Fsp3) is 0.522. The fourth-order valence-corrected chi connectivity index (χ4v) is 3.41. The number of ether oxygens (including phenoxy) is 1. The molecule has 0 saturated carbocycles. The summed E-state index contributed by atoms with van der Waals surface area (Å²) in [6.45, 7) is 10.8.